The Morgan fingerprint density at radius 2 is 1.90 bits per heavy atom. The second-order valence-corrected chi connectivity index (χ2v) is 8.47. The van der Waals surface area contributed by atoms with Crippen molar-refractivity contribution in [3.05, 3.63) is 45.7 Å². The lowest BCUT2D eigenvalue weighted by atomic mass is 10.1. The van der Waals surface area contributed by atoms with Crippen molar-refractivity contribution >= 4 is 21.4 Å². The third kappa shape index (κ3) is 4.88. The lowest BCUT2D eigenvalue weighted by molar-refractivity contribution is 0.421. The molecule has 2 aromatic rings. The van der Waals surface area contributed by atoms with Crippen LogP contribution < -0.4 is 10.3 Å². The lowest BCUT2D eigenvalue weighted by Crippen LogP contribution is -2.28. The number of pyridine rings is 1. The van der Waals surface area contributed by atoms with Crippen molar-refractivity contribution in [1.82, 2.24) is 9.29 Å². The third-order valence-corrected chi connectivity index (χ3v) is 6.06. The van der Waals surface area contributed by atoms with E-state index in [4.69, 9.17) is 5.26 Å². The maximum atomic E-state index is 12.3. The minimum atomic E-state index is -3.62. The van der Waals surface area contributed by atoms with Crippen LogP contribution in [0.3, 0.4) is 0 Å². The Morgan fingerprint density at radius 3 is 2.45 bits per heavy atom. The number of rotatable bonds is 7. The molecule has 154 valence electrons. The molecule has 1 atom stereocenters. The van der Waals surface area contributed by atoms with Crippen molar-refractivity contribution in [3.8, 4) is 11.9 Å². The van der Waals surface area contributed by atoms with E-state index < -0.39 is 21.5 Å². The summed E-state index contributed by atoms with van der Waals surface area (Å²) < 4.78 is 28.1. The van der Waals surface area contributed by atoms with Crippen LogP contribution in [0.4, 0.5) is 11.4 Å². The van der Waals surface area contributed by atoms with Gasteiger partial charge in [0.25, 0.3) is 5.56 Å². The molecule has 9 nitrogen and oxygen atoms in total. The molecule has 0 aliphatic rings. The van der Waals surface area contributed by atoms with E-state index in [0.29, 0.717) is 12.2 Å². The van der Waals surface area contributed by atoms with Crippen molar-refractivity contribution < 1.29 is 13.5 Å². The molecule has 2 N–H and O–H groups in total. The van der Waals surface area contributed by atoms with Gasteiger partial charge in [-0.1, -0.05) is 20.3 Å². The van der Waals surface area contributed by atoms with Crippen LogP contribution in [-0.4, -0.2) is 24.6 Å². The Balaban J connectivity index is 2.30. The molecule has 0 aliphatic heterocycles. The highest BCUT2D eigenvalue weighted by molar-refractivity contribution is 7.89. The Hall–Kier alpha value is -3.03. The number of aromatic nitrogens is 1. The average Bonchev–Trinajstić information content (AvgIpc) is 2.71. The van der Waals surface area contributed by atoms with Crippen LogP contribution >= 0.6 is 0 Å². The number of benzene rings is 1. The quantitative estimate of drug-likeness (QED) is 0.667. The monoisotopic (exact) mass is 417 g/mol. The van der Waals surface area contributed by atoms with Gasteiger partial charge in [0.15, 0.2) is 5.69 Å². The fourth-order valence-corrected chi connectivity index (χ4v) is 3.57. The normalized spacial score (nSPS) is 12.8. The molecule has 0 bridgehead atoms. The first-order chi connectivity index (χ1) is 13.6. The molecule has 10 heteroatoms. The fourth-order valence-electron chi connectivity index (χ4n) is 2.40. The number of sulfonamides is 1. The minimum absolute atomic E-state index is 0.0603. The summed E-state index contributed by atoms with van der Waals surface area (Å²) in [5.74, 6) is -0.208. The molecule has 29 heavy (non-hydrogen) atoms. The van der Waals surface area contributed by atoms with Gasteiger partial charge in [-0.05, 0) is 37.1 Å². The van der Waals surface area contributed by atoms with Gasteiger partial charge in [0.2, 0.25) is 15.9 Å². The van der Waals surface area contributed by atoms with Crippen LogP contribution in [0.25, 0.3) is 0 Å². The third-order valence-electron chi connectivity index (χ3n) is 4.62. The van der Waals surface area contributed by atoms with Crippen molar-refractivity contribution in [2.24, 2.45) is 23.2 Å². The van der Waals surface area contributed by atoms with E-state index >= 15 is 0 Å². The number of nitrogens with zero attached hydrogens (tertiary/aromatic N) is 4. The smallest absolute Gasteiger partial charge is 0.281 e. The molecule has 1 aromatic heterocycles. The van der Waals surface area contributed by atoms with Crippen LogP contribution in [0.15, 0.2) is 44.2 Å². The molecule has 0 fully saturated rings. The number of aromatic hydroxyl groups is 1. The first-order valence-corrected chi connectivity index (χ1v) is 10.4. The molecule has 0 aliphatic carbocycles. The standard InChI is InChI=1S/C19H23N5O4S/c1-5-12(2)11-21-29(27,28)15-8-6-14(7-9-15)22-23-17-13(3)16(10-20)18(25)24(4)19(17)26/h6-9,12,21,25H,5,11H2,1-4H3. The summed E-state index contributed by atoms with van der Waals surface area (Å²) in [6.07, 6.45) is 0.867. The number of nitrogens with one attached hydrogen (secondary N) is 1. The van der Waals surface area contributed by atoms with E-state index in [1.54, 1.807) is 0 Å². The van der Waals surface area contributed by atoms with Crippen LogP contribution in [0, 0.1) is 24.2 Å². The Labute approximate surface area is 169 Å². The Kier molecular flexibility index (Phi) is 6.89. The molecule has 0 spiro atoms. The summed E-state index contributed by atoms with van der Waals surface area (Å²) in [4.78, 5) is 12.4. The van der Waals surface area contributed by atoms with Crippen molar-refractivity contribution in [3.63, 3.8) is 0 Å². The van der Waals surface area contributed by atoms with Gasteiger partial charge in [-0.15, -0.1) is 5.11 Å². The van der Waals surface area contributed by atoms with E-state index in [2.05, 4.69) is 15.0 Å². The molecular weight excluding hydrogens is 394 g/mol. The van der Waals surface area contributed by atoms with E-state index in [1.807, 2.05) is 19.9 Å². The lowest BCUT2D eigenvalue weighted by Gasteiger charge is -2.11. The molecule has 1 unspecified atom stereocenters. The molecule has 2 rings (SSSR count). The van der Waals surface area contributed by atoms with E-state index in [0.717, 1.165) is 11.0 Å². The molecule has 0 amide bonds. The maximum Gasteiger partial charge on any atom is 0.281 e. The maximum absolute atomic E-state index is 12.3. The van der Waals surface area contributed by atoms with Crippen LogP contribution in [0.5, 0.6) is 5.88 Å². The highest BCUT2D eigenvalue weighted by Crippen LogP contribution is 2.26. The zero-order chi connectivity index (χ0) is 21.8. The van der Waals surface area contributed by atoms with Gasteiger partial charge < -0.3 is 5.11 Å². The average molecular weight is 417 g/mol. The van der Waals surface area contributed by atoms with Gasteiger partial charge in [-0.2, -0.15) is 10.4 Å². The zero-order valence-corrected chi connectivity index (χ0v) is 17.5. The summed E-state index contributed by atoms with van der Waals surface area (Å²) in [5.41, 5.74) is -0.191. The highest BCUT2D eigenvalue weighted by atomic mass is 32.2. The van der Waals surface area contributed by atoms with Crippen molar-refractivity contribution in [2.75, 3.05) is 6.54 Å². The first kappa shape index (κ1) is 22.3. The van der Waals surface area contributed by atoms with Crippen molar-refractivity contribution in [1.29, 1.82) is 5.26 Å². The number of hydrogen-bond acceptors (Lipinski definition) is 7. The summed E-state index contributed by atoms with van der Waals surface area (Å²) in [5, 5.41) is 26.9. The van der Waals surface area contributed by atoms with Gasteiger partial charge in [-0.25, -0.2) is 13.1 Å². The molecular formula is C19H23N5O4S. The molecule has 0 radical (unpaired) electrons. The molecule has 1 aromatic carbocycles. The van der Waals surface area contributed by atoms with Crippen LogP contribution in [0.1, 0.15) is 31.4 Å². The topological polar surface area (TPSA) is 137 Å². The zero-order valence-electron chi connectivity index (χ0n) is 16.7. The van der Waals surface area contributed by atoms with Gasteiger partial charge in [0, 0.05) is 19.2 Å². The number of hydrogen-bond donors (Lipinski definition) is 2. The second kappa shape index (κ2) is 8.98. The predicted molar refractivity (Wildman–Crippen MR) is 108 cm³/mol. The molecule has 1 heterocycles. The summed E-state index contributed by atoms with van der Waals surface area (Å²) in [6, 6.07) is 7.56. The predicted octanol–water partition coefficient (Wildman–Crippen LogP) is 3.01. The molecule has 0 saturated carbocycles. The SMILES string of the molecule is CCC(C)CNS(=O)(=O)c1ccc(N=Nc2c(C)c(C#N)c(O)n(C)c2=O)cc1. The largest absolute Gasteiger partial charge is 0.493 e. The van der Waals surface area contributed by atoms with Gasteiger partial charge >= 0.3 is 0 Å². The summed E-state index contributed by atoms with van der Waals surface area (Å²) in [6.45, 7) is 5.79. The second-order valence-electron chi connectivity index (χ2n) is 6.71. The van der Waals surface area contributed by atoms with E-state index in [1.165, 1.54) is 38.2 Å². The Bertz CT molecular complexity index is 1130. The summed E-state index contributed by atoms with van der Waals surface area (Å²) >= 11 is 0. The van der Waals surface area contributed by atoms with Gasteiger partial charge in [0.1, 0.15) is 11.6 Å². The minimum Gasteiger partial charge on any atom is -0.493 e. The van der Waals surface area contributed by atoms with E-state index in [9.17, 15) is 18.3 Å². The van der Waals surface area contributed by atoms with Crippen molar-refractivity contribution in [2.45, 2.75) is 32.1 Å². The summed E-state index contributed by atoms with van der Waals surface area (Å²) in [7, 11) is -2.30. The van der Waals surface area contributed by atoms with Gasteiger partial charge in [0.05, 0.1) is 10.6 Å². The Morgan fingerprint density at radius 1 is 1.28 bits per heavy atom. The fraction of sp³-hybridized carbons (Fsp3) is 0.368. The number of azo groups is 1. The number of nitriles is 1. The van der Waals surface area contributed by atoms with Crippen LogP contribution in [-0.2, 0) is 17.1 Å². The first-order valence-electron chi connectivity index (χ1n) is 8.96. The van der Waals surface area contributed by atoms with Gasteiger partial charge in [-0.3, -0.25) is 9.36 Å². The molecule has 0 saturated heterocycles. The van der Waals surface area contributed by atoms with Crippen LogP contribution in [0.2, 0.25) is 0 Å². The highest BCUT2D eigenvalue weighted by Gasteiger charge is 2.17. The van der Waals surface area contributed by atoms with E-state index in [-0.39, 0.29) is 27.6 Å².